The van der Waals surface area contributed by atoms with E-state index in [9.17, 15) is 9.59 Å². The average Bonchev–Trinajstić information content (AvgIpc) is 3.05. The van der Waals surface area contributed by atoms with Crippen molar-refractivity contribution in [1.82, 2.24) is 14.8 Å². The summed E-state index contributed by atoms with van der Waals surface area (Å²) in [6.07, 6.45) is 8.28. The van der Waals surface area contributed by atoms with Crippen LogP contribution in [0.4, 0.5) is 0 Å². The Labute approximate surface area is 236 Å². The number of likely N-dealkylation sites (tertiary alicyclic amines) is 2. The van der Waals surface area contributed by atoms with Gasteiger partial charge in [-0.05, 0) is 108 Å². The number of halogens is 2. The highest BCUT2D eigenvalue weighted by atomic mass is 79.9. The van der Waals surface area contributed by atoms with E-state index in [1.165, 1.54) is 32.4 Å². The average molecular weight is 632 g/mol. The maximum atomic E-state index is 13.2. The first-order valence-electron chi connectivity index (χ1n) is 13.5. The number of amides is 2. The van der Waals surface area contributed by atoms with Crippen LogP contribution < -0.4 is 5.73 Å². The molecule has 2 saturated heterocycles. The summed E-state index contributed by atoms with van der Waals surface area (Å²) in [5.41, 5.74) is 12.1. The summed E-state index contributed by atoms with van der Waals surface area (Å²) >= 11 is 7.55. The number of rotatable bonds is 4. The fourth-order valence-corrected chi connectivity index (χ4v) is 7.83. The van der Waals surface area contributed by atoms with Crippen LogP contribution in [-0.4, -0.2) is 59.3 Å². The van der Waals surface area contributed by atoms with E-state index in [-0.39, 0.29) is 24.3 Å². The van der Waals surface area contributed by atoms with Gasteiger partial charge in [0.05, 0.1) is 12.2 Å². The molecule has 3 aliphatic rings. The summed E-state index contributed by atoms with van der Waals surface area (Å²) in [6.45, 7) is 5.26. The molecule has 0 saturated carbocycles. The van der Waals surface area contributed by atoms with Crippen LogP contribution in [0.3, 0.4) is 0 Å². The fourth-order valence-electron chi connectivity index (χ4n) is 6.59. The number of benzene rings is 1. The van der Waals surface area contributed by atoms with Gasteiger partial charge in [0.25, 0.3) is 0 Å². The Morgan fingerprint density at radius 3 is 2.30 bits per heavy atom. The van der Waals surface area contributed by atoms with Gasteiger partial charge in [-0.3, -0.25) is 14.6 Å². The van der Waals surface area contributed by atoms with Gasteiger partial charge < -0.3 is 15.5 Å². The van der Waals surface area contributed by atoms with E-state index in [0.29, 0.717) is 31.3 Å². The molecule has 0 radical (unpaired) electrons. The summed E-state index contributed by atoms with van der Waals surface area (Å²) < 4.78 is 2.22. The topological polar surface area (TPSA) is 79.5 Å². The molecule has 1 unspecified atom stereocenters. The monoisotopic (exact) mass is 630 g/mol. The van der Waals surface area contributed by atoms with Crippen LogP contribution in [0.2, 0.25) is 0 Å². The van der Waals surface area contributed by atoms with Crippen molar-refractivity contribution in [1.29, 1.82) is 0 Å². The Morgan fingerprint density at radius 1 is 0.946 bits per heavy atom. The number of aromatic nitrogens is 1. The molecule has 0 spiro atoms. The van der Waals surface area contributed by atoms with E-state index in [1.54, 1.807) is 0 Å². The van der Waals surface area contributed by atoms with Crippen molar-refractivity contribution < 1.29 is 9.59 Å². The van der Waals surface area contributed by atoms with Crippen LogP contribution >= 0.6 is 31.9 Å². The largest absolute Gasteiger partial charge is 0.343 e. The first kappa shape index (κ1) is 26.8. The normalized spacial score (nSPS) is 20.8. The molecule has 2 aliphatic heterocycles. The fraction of sp³-hybridized carbons (Fsp3) is 0.552. The molecule has 1 aromatic carbocycles. The van der Waals surface area contributed by atoms with Crippen LogP contribution in [0.5, 0.6) is 0 Å². The number of aryl methyl sites for hydroxylation is 3. The zero-order valence-electron chi connectivity index (χ0n) is 21.5. The lowest BCUT2D eigenvalue weighted by atomic mass is 9.76. The van der Waals surface area contributed by atoms with Gasteiger partial charge in [0.2, 0.25) is 11.8 Å². The lowest BCUT2D eigenvalue weighted by Gasteiger charge is -2.38. The van der Waals surface area contributed by atoms with Crippen molar-refractivity contribution in [3.8, 4) is 0 Å². The highest BCUT2D eigenvalue weighted by Gasteiger charge is 2.36. The van der Waals surface area contributed by atoms with Crippen molar-refractivity contribution in [2.24, 2.45) is 17.6 Å². The number of hydrogen-bond donors (Lipinski definition) is 1. The second kappa shape index (κ2) is 11.5. The molecule has 1 aliphatic carbocycles. The van der Waals surface area contributed by atoms with E-state index in [1.807, 2.05) is 11.1 Å². The van der Waals surface area contributed by atoms with Gasteiger partial charge in [0.1, 0.15) is 0 Å². The van der Waals surface area contributed by atoms with E-state index in [0.717, 1.165) is 56.1 Å². The third-order valence-electron chi connectivity index (χ3n) is 8.57. The first-order chi connectivity index (χ1) is 17.8. The molecule has 3 heterocycles. The van der Waals surface area contributed by atoms with Crippen molar-refractivity contribution in [2.45, 2.75) is 57.8 Å². The second-order valence-corrected chi connectivity index (χ2v) is 12.7. The van der Waals surface area contributed by atoms with Gasteiger partial charge >= 0.3 is 0 Å². The van der Waals surface area contributed by atoms with Gasteiger partial charge in [0.15, 0.2) is 0 Å². The Morgan fingerprint density at radius 2 is 1.59 bits per heavy atom. The zero-order valence-corrected chi connectivity index (χ0v) is 24.7. The number of piperidine rings is 2. The number of carbonyl (C=O) groups is 2. The van der Waals surface area contributed by atoms with Crippen LogP contribution in [0, 0.1) is 18.8 Å². The highest BCUT2D eigenvalue weighted by molar-refractivity contribution is 9.10. The van der Waals surface area contributed by atoms with Gasteiger partial charge in [-0.25, -0.2) is 0 Å². The number of carbonyl (C=O) groups excluding carboxylic acids is 2. The second-order valence-electron chi connectivity index (χ2n) is 10.9. The summed E-state index contributed by atoms with van der Waals surface area (Å²) in [5, 5.41) is 0. The summed E-state index contributed by atoms with van der Waals surface area (Å²) in [5.74, 6) is 1.31. The smallest absolute Gasteiger partial charge is 0.236 e. The molecule has 2 fully saturated rings. The molecule has 1 aromatic heterocycles. The molecule has 8 heteroatoms. The number of fused-ring (bicyclic) bond motifs is 2. The third-order valence-corrected chi connectivity index (χ3v) is 9.66. The Kier molecular flexibility index (Phi) is 8.37. The molecular weight excluding hydrogens is 596 g/mol. The summed E-state index contributed by atoms with van der Waals surface area (Å²) in [6, 6.07) is 6.83. The SMILES string of the molecule is Cc1cc(Br)c2c(c1)CCc1cc(Br)cnc1C2C1CCN(C(=O)CC2CCN(C(=O)CN)CC2)CC1. The molecule has 2 N–H and O–H groups in total. The third kappa shape index (κ3) is 5.81. The van der Waals surface area contributed by atoms with Crippen LogP contribution in [0.25, 0.3) is 0 Å². The van der Waals surface area contributed by atoms with Crippen molar-refractivity contribution in [3.05, 3.63) is 61.3 Å². The quantitative estimate of drug-likeness (QED) is 0.517. The highest BCUT2D eigenvalue weighted by Crippen LogP contribution is 2.45. The first-order valence-corrected chi connectivity index (χ1v) is 15.1. The molecule has 198 valence electrons. The molecular formula is C29H36Br2N4O2. The predicted octanol–water partition coefficient (Wildman–Crippen LogP) is 4.97. The maximum Gasteiger partial charge on any atom is 0.236 e. The van der Waals surface area contributed by atoms with Gasteiger partial charge in [-0.1, -0.05) is 22.0 Å². The Bertz CT molecular complexity index is 1170. The van der Waals surface area contributed by atoms with E-state index in [4.69, 9.17) is 10.7 Å². The van der Waals surface area contributed by atoms with Crippen molar-refractivity contribution in [3.63, 3.8) is 0 Å². The molecule has 6 nitrogen and oxygen atoms in total. The minimum atomic E-state index is 0.0113. The van der Waals surface area contributed by atoms with Crippen LogP contribution in [0.1, 0.15) is 66.0 Å². The van der Waals surface area contributed by atoms with Crippen LogP contribution in [-0.2, 0) is 22.4 Å². The number of pyridine rings is 1. The molecule has 1 atom stereocenters. The molecule has 2 aromatic rings. The van der Waals surface area contributed by atoms with E-state index < -0.39 is 0 Å². The standard InChI is InChI=1S/C29H36Br2N4O2/c1-18-12-21-2-3-22-15-23(30)17-33-29(22)28(27(21)24(31)13-18)20-6-10-34(11-7-20)25(36)14-19-4-8-35(9-5-19)26(37)16-32/h12-13,15,17,19-20,28H,2-11,14,16,32H2,1H3. The summed E-state index contributed by atoms with van der Waals surface area (Å²) in [4.78, 5) is 33.9. The predicted molar refractivity (Wildman–Crippen MR) is 152 cm³/mol. The van der Waals surface area contributed by atoms with Crippen molar-refractivity contribution >= 4 is 43.7 Å². The molecule has 2 amide bonds. The molecule has 37 heavy (non-hydrogen) atoms. The Hall–Kier alpha value is -1.77. The van der Waals surface area contributed by atoms with E-state index >= 15 is 0 Å². The maximum absolute atomic E-state index is 13.2. The number of nitrogens with zero attached hydrogens (tertiary/aromatic N) is 3. The summed E-state index contributed by atoms with van der Waals surface area (Å²) in [7, 11) is 0. The van der Waals surface area contributed by atoms with Gasteiger partial charge in [0, 0.05) is 53.7 Å². The Balaban J connectivity index is 1.28. The zero-order chi connectivity index (χ0) is 26.1. The van der Waals surface area contributed by atoms with E-state index in [2.05, 4.69) is 61.9 Å². The van der Waals surface area contributed by atoms with Crippen molar-refractivity contribution in [2.75, 3.05) is 32.7 Å². The lowest BCUT2D eigenvalue weighted by molar-refractivity contribution is -0.134. The van der Waals surface area contributed by atoms with Gasteiger partial charge in [-0.15, -0.1) is 0 Å². The number of nitrogens with two attached hydrogens (primary N) is 1. The minimum absolute atomic E-state index is 0.0113. The minimum Gasteiger partial charge on any atom is -0.343 e. The lowest BCUT2D eigenvalue weighted by Crippen LogP contribution is -2.44. The van der Waals surface area contributed by atoms with Gasteiger partial charge in [-0.2, -0.15) is 0 Å². The number of hydrogen-bond acceptors (Lipinski definition) is 4. The molecule has 0 bridgehead atoms. The molecule has 5 rings (SSSR count). The van der Waals surface area contributed by atoms with Crippen LogP contribution in [0.15, 0.2) is 33.3 Å².